The summed E-state index contributed by atoms with van der Waals surface area (Å²) in [5.74, 6) is 0.152. The van der Waals surface area contributed by atoms with Gasteiger partial charge in [-0.05, 0) is 30.3 Å². The van der Waals surface area contributed by atoms with Gasteiger partial charge in [0.05, 0.1) is 25.0 Å². The maximum atomic E-state index is 13.0. The molecule has 0 aliphatic carbocycles. The molecule has 0 unspecified atom stereocenters. The number of piperazine rings is 1. The molecule has 1 aliphatic rings. The van der Waals surface area contributed by atoms with Crippen LogP contribution < -0.4 is 10.1 Å². The van der Waals surface area contributed by atoms with Crippen molar-refractivity contribution in [1.29, 1.82) is 0 Å². The largest absolute Gasteiger partial charge is 0.497 e. The number of benzene rings is 1. The fraction of sp³-hybridized carbons (Fsp3) is 0.200. The van der Waals surface area contributed by atoms with Crippen LogP contribution in [0.4, 0.5) is 0 Å². The molecule has 10 heteroatoms. The van der Waals surface area contributed by atoms with Crippen molar-refractivity contribution in [2.24, 2.45) is 0 Å². The van der Waals surface area contributed by atoms with Crippen LogP contribution in [0, 0.1) is 0 Å². The lowest BCUT2D eigenvalue weighted by Crippen LogP contribution is -2.50. The van der Waals surface area contributed by atoms with Gasteiger partial charge in [-0.25, -0.2) is 9.67 Å². The predicted octanol–water partition coefficient (Wildman–Crippen LogP) is 2.93. The Morgan fingerprint density at radius 2 is 2.10 bits per heavy atom. The van der Waals surface area contributed by atoms with E-state index in [2.05, 4.69) is 31.3 Å². The minimum atomic E-state index is -0.313. The van der Waals surface area contributed by atoms with Crippen LogP contribution in [0.5, 0.6) is 5.75 Å². The molecule has 0 bridgehead atoms. The van der Waals surface area contributed by atoms with Crippen LogP contribution in [-0.2, 0) is 4.79 Å². The van der Waals surface area contributed by atoms with Gasteiger partial charge in [-0.1, -0.05) is 27.5 Å². The van der Waals surface area contributed by atoms with Gasteiger partial charge in [0.15, 0.2) is 5.69 Å². The molecular formula is C20H17BrClN5O3. The Labute approximate surface area is 185 Å². The summed E-state index contributed by atoms with van der Waals surface area (Å²) >= 11 is 9.56. The molecule has 4 rings (SSSR count). The van der Waals surface area contributed by atoms with Crippen molar-refractivity contribution in [3.05, 3.63) is 57.9 Å². The Bertz CT molecular complexity index is 1130. The Morgan fingerprint density at radius 3 is 2.83 bits per heavy atom. The number of nitrogens with one attached hydrogen (secondary N) is 1. The third-order valence-electron chi connectivity index (χ3n) is 4.61. The molecule has 1 aliphatic heterocycles. The number of hydrogen-bond acceptors (Lipinski definition) is 5. The molecule has 1 aromatic carbocycles. The van der Waals surface area contributed by atoms with E-state index in [1.165, 1.54) is 4.90 Å². The van der Waals surface area contributed by atoms with Crippen LogP contribution in [0.1, 0.15) is 10.5 Å². The zero-order valence-electron chi connectivity index (χ0n) is 15.9. The molecule has 1 fully saturated rings. The lowest BCUT2D eigenvalue weighted by molar-refractivity contribution is -0.123. The average Bonchev–Trinajstić information content (AvgIpc) is 3.18. The number of amides is 2. The summed E-state index contributed by atoms with van der Waals surface area (Å²) in [6.45, 7) is 0.853. The van der Waals surface area contributed by atoms with Crippen molar-refractivity contribution in [3.63, 3.8) is 0 Å². The van der Waals surface area contributed by atoms with Crippen molar-refractivity contribution < 1.29 is 14.3 Å². The molecule has 8 nitrogen and oxygen atoms in total. The molecule has 30 heavy (non-hydrogen) atoms. The number of hydrogen-bond donors (Lipinski definition) is 1. The van der Waals surface area contributed by atoms with Gasteiger partial charge in [-0.3, -0.25) is 9.59 Å². The van der Waals surface area contributed by atoms with Crippen LogP contribution in [0.15, 0.2) is 47.1 Å². The van der Waals surface area contributed by atoms with E-state index in [1.54, 1.807) is 36.2 Å². The molecule has 0 saturated carbocycles. The number of rotatable bonds is 4. The summed E-state index contributed by atoms with van der Waals surface area (Å²) in [6.07, 6.45) is 1.57. The first-order chi connectivity index (χ1) is 14.4. The first-order valence-corrected chi connectivity index (χ1v) is 10.2. The van der Waals surface area contributed by atoms with E-state index in [-0.39, 0.29) is 24.1 Å². The van der Waals surface area contributed by atoms with E-state index in [0.717, 1.165) is 10.0 Å². The molecule has 154 valence electrons. The first-order valence-electron chi connectivity index (χ1n) is 9.07. The van der Waals surface area contributed by atoms with Crippen LogP contribution in [0.25, 0.3) is 16.9 Å². The predicted molar refractivity (Wildman–Crippen MR) is 115 cm³/mol. The van der Waals surface area contributed by atoms with Crippen molar-refractivity contribution in [1.82, 2.24) is 25.0 Å². The first kappa shape index (κ1) is 20.4. The average molecular weight is 491 g/mol. The molecule has 0 spiro atoms. The van der Waals surface area contributed by atoms with Gasteiger partial charge in [-0.15, -0.1) is 0 Å². The van der Waals surface area contributed by atoms with Gasteiger partial charge in [0.2, 0.25) is 5.91 Å². The zero-order valence-corrected chi connectivity index (χ0v) is 18.3. The number of aromatic nitrogens is 3. The van der Waals surface area contributed by atoms with Gasteiger partial charge in [-0.2, -0.15) is 5.10 Å². The van der Waals surface area contributed by atoms with Crippen molar-refractivity contribution >= 4 is 39.3 Å². The molecule has 2 aromatic heterocycles. The Balaban J connectivity index is 1.83. The molecular weight excluding hydrogens is 474 g/mol. The molecule has 1 saturated heterocycles. The summed E-state index contributed by atoms with van der Waals surface area (Å²) in [6, 6.07) is 10.7. The van der Waals surface area contributed by atoms with Gasteiger partial charge >= 0.3 is 0 Å². The second-order valence-electron chi connectivity index (χ2n) is 6.62. The van der Waals surface area contributed by atoms with Gasteiger partial charge in [0, 0.05) is 35.4 Å². The van der Waals surface area contributed by atoms with Crippen LogP contribution in [-0.4, -0.2) is 58.2 Å². The minimum Gasteiger partial charge on any atom is -0.497 e. The monoisotopic (exact) mass is 489 g/mol. The van der Waals surface area contributed by atoms with E-state index < -0.39 is 0 Å². The Morgan fingerprint density at radius 1 is 1.27 bits per heavy atom. The second kappa shape index (κ2) is 8.45. The fourth-order valence-corrected chi connectivity index (χ4v) is 3.85. The molecule has 0 atom stereocenters. The summed E-state index contributed by atoms with van der Waals surface area (Å²) in [5, 5.41) is 7.55. The van der Waals surface area contributed by atoms with Crippen LogP contribution in [0.3, 0.4) is 0 Å². The molecule has 3 heterocycles. The number of nitrogens with zero attached hydrogens (tertiary/aromatic N) is 4. The second-order valence-corrected chi connectivity index (χ2v) is 7.92. The number of ether oxygens (including phenoxy) is 1. The van der Waals surface area contributed by atoms with Crippen molar-refractivity contribution in [2.75, 3.05) is 26.7 Å². The minimum absolute atomic E-state index is 0.00677. The van der Waals surface area contributed by atoms with Crippen LogP contribution >= 0.6 is 27.5 Å². The van der Waals surface area contributed by atoms with E-state index >= 15 is 0 Å². The van der Waals surface area contributed by atoms with Crippen LogP contribution in [0.2, 0.25) is 5.15 Å². The van der Waals surface area contributed by atoms with Gasteiger partial charge in [0.25, 0.3) is 5.91 Å². The third-order valence-corrected chi connectivity index (χ3v) is 5.28. The summed E-state index contributed by atoms with van der Waals surface area (Å²) in [4.78, 5) is 30.2. The van der Waals surface area contributed by atoms with E-state index in [1.807, 2.05) is 18.2 Å². The van der Waals surface area contributed by atoms with E-state index in [9.17, 15) is 9.59 Å². The summed E-state index contributed by atoms with van der Waals surface area (Å²) in [5.41, 5.74) is 2.34. The highest BCUT2D eigenvalue weighted by Gasteiger charge is 2.26. The Hall–Kier alpha value is -2.91. The molecule has 0 radical (unpaired) electrons. The number of halogens is 2. The lowest BCUT2D eigenvalue weighted by Gasteiger charge is -2.25. The lowest BCUT2D eigenvalue weighted by atomic mass is 10.1. The van der Waals surface area contributed by atoms with E-state index in [4.69, 9.17) is 16.3 Å². The maximum absolute atomic E-state index is 13.0. The Kier molecular flexibility index (Phi) is 5.74. The van der Waals surface area contributed by atoms with E-state index in [0.29, 0.717) is 35.4 Å². The standard InChI is InChI=1S/C20H17BrClN5O3/c1-30-15-7-12(6-13(21)8-15)17-10-16(20(29)26-5-4-24-19(28)11-26)25-27(17)14-2-3-23-18(22)9-14/h2-3,6-10H,4-5,11H2,1H3,(H,24,28). The SMILES string of the molecule is COc1cc(Br)cc(-c2cc(C(=O)N3CCNC(=O)C3)nn2-c2ccnc(Cl)c2)c1. The number of carbonyl (C=O) groups is 2. The fourth-order valence-electron chi connectivity index (χ4n) is 3.21. The highest BCUT2D eigenvalue weighted by Crippen LogP contribution is 2.31. The van der Waals surface area contributed by atoms with Crippen molar-refractivity contribution in [2.45, 2.75) is 0 Å². The number of carbonyl (C=O) groups excluding carboxylic acids is 2. The highest BCUT2D eigenvalue weighted by molar-refractivity contribution is 9.10. The maximum Gasteiger partial charge on any atom is 0.274 e. The highest BCUT2D eigenvalue weighted by atomic mass is 79.9. The molecule has 1 N–H and O–H groups in total. The third kappa shape index (κ3) is 4.17. The van der Waals surface area contributed by atoms with Gasteiger partial charge in [0.1, 0.15) is 10.9 Å². The number of pyridine rings is 1. The number of methoxy groups -OCH3 is 1. The summed E-state index contributed by atoms with van der Waals surface area (Å²) < 4.78 is 7.82. The topological polar surface area (TPSA) is 89.4 Å². The zero-order chi connectivity index (χ0) is 21.3. The molecule has 3 aromatic rings. The van der Waals surface area contributed by atoms with Gasteiger partial charge < -0.3 is 15.0 Å². The quantitative estimate of drug-likeness (QED) is 0.568. The summed E-state index contributed by atoms with van der Waals surface area (Å²) in [7, 11) is 1.59. The van der Waals surface area contributed by atoms with Crippen molar-refractivity contribution in [3.8, 4) is 22.7 Å². The normalized spacial score (nSPS) is 13.8. The molecule has 2 amide bonds. The smallest absolute Gasteiger partial charge is 0.274 e.